The minimum absolute atomic E-state index is 0.111. The predicted octanol–water partition coefficient (Wildman–Crippen LogP) is -0.632. The van der Waals surface area contributed by atoms with Crippen LogP contribution in [0.3, 0.4) is 0 Å². The van der Waals surface area contributed by atoms with E-state index in [0.29, 0.717) is 19.4 Å². The summed E-state index contributed by atoms with van der Waals surface area (Å²) in [6, 6.07) is 3.57. The molecule has 0 saturated carbocycles. The quantitative estimate of drug-likeness (QED) is 0.236. The van der Waals surface area contributed by atoms with Crippen LogP contribution in [0.4, 0.5) is 0 Å². The van der Waals surface area contributed by atoms with Crippen molar-refractivity contribution >= 4 is 40.5 Å². The SMILES string of the molecule is CC(NC(=O)C(CCC(N)=O)NC(=O)C1CCCN1C(=O)C(N)Cc1c[nH]c2ccccc12)C(=O)O. The number of amides is 4. The van der Waals surface area contributed by atoms with E-state index in [1.54, 1.807) is 0 Å². The van der Waals surface area contributed by atoms with Gasteiger partial charge in [0.2, 0.25) is 23.6 Å². The number of nitrogens with zero attached hydrogens (tertiary/aromatic N) is 1. The highest BCUT2D eigenvalue weighted by Crippen LogP contribution is 2.22. The van der Waals surface area contributed by atoms with Crippen LogP contribution in [0.25, 0.3) is 10.9 Å². The molecule has 0 radical (unpaired) electrons. The van der Waals surface area contributed by atoms with Crippen LogP contribution in [-0.4, -0.2) is 75.3 Å². The second-order valence-corrected chi connectivity index (χ2v) is 8.99. The lowest BCUT2D eigenvalue weighted by molar-refractivity contribution is -0.142. The molecule has 194 valence electrons. The van der Waals surface area contributed by atoms with Gasteiger partial charge in [0.1, 0.15) is 18.1 Å². The molecule has 4 amide bonds. The summed E-state index contributed by atoms with van der Waals surface area (Å²) in [5, 5.41) is 14.9. The Kier molecular flexibility index (Phi) is 8.64. The Morgan fingerprint density at radius 1 is 1.19 bits per heavy atom. The summed E-state index contributed by atoms with van der Waals surface area (Å²) >= 11 is 0. The van der Waals surface area contributed by atoms with Gasteiger partial charge >= 0.3 is 5.97 Å². The van der Waals surface area contributed by atoms with E-state index in [1.165, 1.54) is 11.8 Å². The van der Waals surface area contributed by atoms with E-state index in [9.17, 15) is 24.0 Å². The van der Waals surface area contributed by atoms with Crippen LogP contribution in [0.2, 0.25) is 0 Å². The van der Waals surface area contributed by atoms with E-state index >= 15 is 0 Å². The van der Waals surface area contributed by atoms with Crippen molar-refractivity contribution in [3.8, 4) is 0 Å². The number of hydrogen-bond acceptors (Lipinski definition) is 6. The minimum Gasteiger partial charge on any atom is -0.480 e. The second kappa shape index (κ2) is 11.7. The Bertz CT molecular complexity index is 1150. The number of aromatic nitrogens is 1. The first-order valence-corrected chi connectivity index (χ1v) is 11.8. The third kappa shape index (κ3) is 6.39. The molecule has 1 fully saturated rings. The highest BCUT2D eigenvalue weighted by atomic mass is 16.4. The van der Waals surface area contributed by atoms with Gasteiger partial charge in [-0.2, -0.15) is 0 Å². The number of carbonyl (C=O) groups is 5. The fourth-order valence-corrected chi connectivity index (χ4v) is 4.34. The van der Waals surface area contributed by atoms with Crippen molar-refractivity contribution in [3.05, 3.63) is 36.0 Å². The first-order valence-electron chi connectivity index (χ1n) is 11.8. The molecule has 2 aromatic rings. The van der Waals surface area contributed by atoms with Gasteiger partial charge in [-0.15, -0.1) is 0 Å². The van der Waals surface area contributed by atoms with Gasteiger partial charge in [0, 0.05) is 30.1 Å². The molecule has 1 aromatic heterocycles. The number of primary amides is 1. The fourth-order valence-electron chi connectivity index (χ4n) is 4.34. The van der Waals surface area contributed by atoms with Gasteiger partial charge in [0.05, 0.1) is 6.04 Å². The molecule has 3 rings (SSSR count). The summed E-state index contributed by atoms with van der Waals surface area (Å²) < 4.78 is 0. The number of H-pyrrole nitrogens is 1. The number of carboxylic acids is 1. The number of aliphatic carboxylic acids is 1. The Morgan fingerprint density at radius 2 is 1.92 bits per heavy atom. The molecule has 1 saturated heterocycles. The molecular weight excluding hydrogens is 468 g/mol. The zero-order valence-corrected chi connectivity index (χ0v) is 20.0. The van der Waals surface area contributed by atoms with E-state index in [2.05, 4.69) is 15.6 Å². The molecule has 2 heterocycles. The van der Waals surface area contributed by atoms with Crippen molar-refractivity contribution in [3.63, 3.8) is 0 Å². The molecule has 0 spiro atoms. The molecule has 1 aromatic carbocycles. The minimum atomic E-state index is -1.25. The number of nitrogens with one attached hydrogen (secondary N) is 3. The van der Waals surface area contributed by atoms with Gasteiger partial charge in [0.25, 0.3) is 0 Å². The van der Waals surface area contributed by atoms with Crippen LogP contribution in [0.15, 0.2) is 30.5 Å². The number of carboxylic acid groups (broad SMARTS) is 1. The zero-order chi connectivity index (χ0) is 26.4. The van der Waals surface area contributed by atoms with Crippen LogP contribution in [0.5, 0.6) is 0 Å². The summed E-state index contributed by atoms with van der Waals surface area (Å²) in [4.78, 5) is 65.8. The standard InChI is InChI=1S/C24H32N6O6/c1-13(24(35)36)28-21(32)18(8-9-20(26)31)29-22(33)19-7-4-10-30(19)23(34)16(25)11-14-12-27-17-6-3-2-5-15(14)17/h2-3,5-6,12-13,16,18-19,27H,4,7-11,25H2,1H3,(H2,26,31)(H,28,32)(H,29,33)(H,35,36). The van der Waals surface area contributed by atoms with Crippen molar-refractivity contribution in [1.29, 1.82) is 0 Å². The number of nitrogens with two attached hydrogens (primary N) is 2. The number of rotatable bonds is 11. The molecule has 0 bridgehead atoms. The number of benzene rings is 1. The van der Waals surface area contributed by atoms with Gasteiger partial charge in [0.15, 0.2) is 0 Å². The number of fused-ring (bicyclic) bond motifs is 1. The van der Waals surface area contributed by atoms with E-state index < -0.39 is 47.9 Å². The van der Waals surface area contributed by atoms with Crippen LogP contribution >= 0.6 is 0 Å². The molecule has 1 aliphatic heterocycles. The first kappa shape index (κ1) is 26.7. The van der Waals surface area contributed by atoms with Crippen LogP contribution < -0.4 is 22.1 Å². The molecule has 4 unspecified atom stereocenters. The van der Waals surface area contributed by atoms with Crippen LogP contribution in [0, 0.1) is 0 Å². The van der Waals surface area contributed by atoms with Gasteiger partial charge in [-0.3, -0.25) is 24.0 Å². The molecule has 0 aliphatic carbocycles. The number of carbonyl (C=O) groups excluding carboxylic acids is 4. The van der Waals surface area contributed by atoms with Crippen molar-refractivity contribution in [2.75, 3.05) is 6.54 Å². The lowest BCUT2D eigenvalue weighted by atomic mass is 10.0. The Morgan fingerprint density at radius 3 is 2.61 bits per heavy atom. The van der Waals surface area contributed by atoms with E-state index in [0.717, 1.165) is 16.5 Å². The molecule has 12 heteroatoms. The highest BCUT2D eigenvalue weighted by molar-refractivity contribution is 5.95. The fraction of sp³-hybridized carbons (Fsp3) is 0.458. The lowest BCUT2D eigenvalue weighted by Gasteiger charge is -2.28. The third-order valence-electron chi connectivity index (χ3n) is 6.31. The summed E-state index contributed by atoms with van der Waals surface area (Å²) in [6.07, 6.45) is 2.75. The summed E-state index contributed by atoms with van der Waals surface area (Å²) in [5.74, 6) is -3.64. The molecule has 36 heavy (non-hydrogen) atoms. The number of para-hydroxylation sites is 1. The van der Waals surface area contributed by atoms with E-state index in [4.69, 9.17) is 16.6 Å². The van der Waals surface area contributed by atoms with Crippen LogP contribution in [-0.2, 0) is 30.4 Å². The molecule has 12 nitrogen and oxygen atoms in total. The maximum atomic E-state index is 13.2. The average molecular weight is 501 g/mol. The number of hydrogen-bond donors (Lipinski definition) is 6. The topological polar surface area (TPSA) is 201 Å². The van der Waals surface area contributed by atoms with Crippen molar-refractivity contribution in [1.82, 2.24) is 20.5 Å². The van der Waals surface area contributed by atoms with Gasteiger partial charge < -0.3 is 37.1 Å². The largest absolute Gasteiger partial charge is 0.480 e. The maximum Gasteiger partial charge on any atom is 0.325 e. The predicted molar refractivity (Wildman–Crippen MR) is 130 cm³/mol. The van der Waals surface area contributed by atoms with Gasteiger partial charge in [-0.25, -0.2) is 0 Å². The smallest absolute Gasteiger partial charge is 0.325 e. The molecule has 1 aliphatic rings. The van der Waals surface area contributed by atoms with Crippen molar-refractivity contribution in [2.24, 2.45) is 11.5 Å². The first-order chi connectivity index (χ1) is 17.1. The average Bonchev–Trinajstić information content (AvgIpc) is 3.48. The van der Waals surface area contributed by atoms with E-state index in [1.807, 2.05) is 30.5 Å². The van der Waals surface area contributed by atoms with Crippen molar-refractivity contribution in [2.45, 2.75) is 63.2 Å². The second-order valence-electron chi connectivity index (χ2n) is 8.99. The summed E-state index contributed by atoms with van der Waals surface area (Å²) in [5.41, 5.74) is 13.3. The van der Waals surface area contributed by atoms with Gasteiger partial charge in [-0.1, -0.05) is 18.2 Å². The van der Waals surface area contributed by atoms with Crippen molar-refractivity contribution < 1.29 is 29.1 Å². The Labute approximate surface area is 207 Å². The molecule has 4 atom stereocenters. The number of aromatic amines is 1. The summed E-state index contributed by atoms with van der Waals surface area (Å²) in [6.45, 7) is 1.62. The summed E-state index contributed by atoms with van der Waals surface area (Å²) in [7, 11) is 0. The zero-order valence-electron chi connectivity index (χ0n) is 20.0. The Balaban J connectivity index is 1.67. The normalized spacial score (nSPS) is 17.8. The molecular formula is C24H32N6O6. The van der Waals surface area contributed by atoms with Gasteiger partial charge in [-0.05, 0) is 44.2 Å². The maximum absolute atomic E-state index is 13.2. The highest BCUT2D eigenvalue weighted by Gasteiger charge is 2.38. The number of likely N-dealkylation sites (tertiary alicyclic amines) is 1. The third-order valence-corrected chi connectivity index (χ3v) is 6.31. The Hall–Kier alpha value is -3.93. The lowest BCUT2D eigenvalue weighted by Crippen LogP contribution is -2.56. The molecule has 8 N–H and O–H groups in total. The van der Waals surface area contributed by atoms with E-state index in [-0.39, 0.29) is 25.2 Å². The van der Waals surface area contributed by atoms with Crippen LogP contribution in [0.1, 0.15) is 38.2 Å². The monoisotopic (exact) mass is 500 g/mol.